The zero-order valence-electron chi connectivity index (χ0n) is 16.6. The average molecular weight is 460 g/mol. The molecule has 0 spiro atoms. The van der Waals surface area contributed by atoms with Gasteiger partial charge in [0.05, 0.1) is 0 Å². The molecule has 1 aliphatic rings. The second kappa shape index (κ2) is 9.27. The Bertz CT molecular complexity index is 1110. The number of benzene rings is 2. The lowest BCUT2D eigenvalue weighted by Crippen LogP contribution is -2.51. The molecule has 0 radical (unpaired) electrons. The van der Waals surface area contributed by atoms with Crippen molar-refractivity contribution in [1.29, 1.82) is 0 Å². The number of amides is 1. The monoisotopic (exact) mass is 459 g/mol. The zero-order valence-corrected chi connectivity index (χ0v) is 18.3. The van der Waals surface area contributed by atoms with Crippen LogP contribution in [0.1, 0.15) is 11.6 Å². The van der Waals surface area contributed by atoms with Crippen molar-refractivity contribution in [3.8, 4) is 0 Å². The van der Waals surface area contributed by atoms with Gasteiger partial charge >= 0.3 is 0 Å². The van der Waals surface area contributed by atoms with Gasteiger partial charge in [0.25, 0.3) is 10.0 Å². The van der Waals surface area contributed by atoms with Gasteiger partial charge in [-0.15, -0.1) is 11.3 Å². The summed E-state index contributed by atoms with van der Waals surface area (Å²) in [7, 11) is -3.52. The van der Waals surface area contributed by atoms with Crippen LogP contribution in [0, 0.1) is 5.82 Å². The van der Waals surface area contributed by atoms with Crippen LogP contribution in [0.15, 0.2) is 76.3 Å². The van der Waals surface area contributed by atoms with Crippen LogP contribution >= 0.6 is 11.3 Å². The SMILES string of the molecule is O=C(Nc1ccc(F)cc1)C(c1ccccc1)N1CCN(S(=O)(=O)c2cccs2)CC1. The number of nitrogens with zero attached hydrogens (tertiary/aromatic N) is 2. The third-order valence-electron chi connectivity index (χ3n) is 5.20. The summed E-state index contributed by atoms with van der Waals surface area (Å²) in [5, 5.41) is 4.60. The molecule has 1 saturated heterocycles. The summed E-state index contributed by atoms with van der Waals surface area (Å²) in [6, 6.07) is 17.7. The van der Waals surface area contributed by atoms with Crippen LogP contribution in [0.4, 0.5) is 10.1 Å². The average Bonchev–Trinajstić information content (AvgIpc) is 3.33. The Morgan fingerprint density at radius 3 is 2.23 bits per heavy atom. The molecule has 162 valence electrons. The summed E-state index contributed by atoms with van der Waals surface area (Å²) in [5.41, 5.74) is 1.32. The fourth-order valence-electron chi connectivity index (χ4n) is 3.65. The van der Waals surface area contributed by atoms with E-state index in [2.05, 4.69) is 5.32 Å². The minimum absolute atomic E-state index is 0.243. The summed E-state index contributed by atoms with van der Waals surface area (Å²) < 4.78 is 40.6. The van der Waals surface area contributed by atoms with E-state index in [9.17, 15) is 17.6 Å². The lowest BCUT2D eigenvalue weighted by Gasteiger charge is -2.38. The Morgan fingerprint density at radius 1 is 0.935 bits per heavy atom. The maximum absolute atomic E-state index is 13.2. The highest BCUT2D eigenvalue weighted by atomic mass is 32.2. The van der Waals surface area contributed by atoms with Gasteiger partial charge in [-0.3, -0.25) is 9.69 Å². The maximum Gasteiger partial charge on any atom is 0.252 e. The highest BCUT2D eigenvalue weighted by Gasteiger charge is 2.34. The second-order valence-electron chi connectivity index (χ2n) is 7.18. The summed E-state index contributed by atoms with van der Waals surface area (Å²) in [5.74, 6) is -0.618. The molecule has 1 fully saturated rings. The van der Waals surface area contributed by atoms with E-state index in [1.807, 2.05) is 35.2 Å². The molecule has 0 saturated carbocycles. The van der Waals surface area contributed by atoms with E-state index in [4.69, 9.17) is 0 Å². The summed E-state index contributed by atoms with van der Waals surface area (Å²) in [6.45, 7) is 1.43. The lowest BCUT2D eigenvalue weighted by atomic mass is 10.0. The van der Waals surface area contributed by atoms with Gasteiger partial charge in [-0.2, -0.15) is 4.31 Å². The molecular formula is C22H22FN3O3S2. The molecule has 1 aliphatic heterocycles. The number of hydrogen-bond acceptors (Lipinski definition) is 5. The first-order valence-corrected chi connectivity index (χ1v) is 12.2. The van der Waals surface area contributed by atoms with Gasteiger partial charge in [0.1, 0.15) is 16.1 Å². The number of piperazine rings is 1. The van der Waals surface area contributed by atoms with Gasteiger partial charge in [-0.25, -0.2) is 12.8 Å². The van der Waals surface area contributed by atoms with Gasteiger partial charge in [-0.05, 0) is 41.3 Å². The minimum atomic E-state index is -3.52. The van der Waals surface area contributed by atoms with Gasteiger partial charge in [-0.1, -0.05) is 36.4 Å². The van der Waals surface area contributed by atoms with Crippen LogP contribution in [0.25, 0.3) is 0 Å². The smallest absolute Gasteiger partial charge is 0.252 e. The Morgan fingerprint density at radius 2 is 1.61 bits per heavy atom. The fourth-order valence-corrected chi connectivity index (χ4v) is 6.21. The van der Waals surface area contributed by atoms with E-state index < -0.39 is 16.1 Å². The standard InChI is InChI=1S/C22H22FN3O3S2/c23-18-8-10-19(11-9-18)24-22(27)21(17-5-2-1-3-6-17)25-12-14-26(15-13-25)31(28,29)20-7-4-16-30-20/h1-11,16,21H,12-15H2,(H,24,27). The third kappa shape index (κ3) is 4.85. The molecule has 6 nitrogen and oxygen atoms in total. The number of sulfonamides is 1. The van der Waals surface area contributed by atoms with Crippen molar-refractivity contribution in [3.63, 3.8) is 0 Å². The van der Waals surface area contributed by atoms with Crippen molar-refractivity contribution in [2.24, 2.45) is 0 Å². The minimum Gasteiger partial charge on any atom is -0.324 e. The lowest BCUT2D eigenvalue weighted by molar-refractivity contribution is -0.122. The second-order valence-corrected chi connectivity index (χ2v) is 10.3. The van der Waals surface area contributed by atoms with Crippen LogP contribution in [0.3, 0.4) is 0 Å². The van der Waals surface area contributed by atoms with Gasteiger partial charge < -0.3 is 5.32 Å². The summed E-state index contributed by atoms with van der Waals surface area (Å²) in [4.78, 5) is 15.2. The highest BCUT2D eigenvalue weighted by molar-refractivity contribution is 7.91. The molecule has 1 amide bonds. The molecule has 4 rings (SSSR count). The molecule has 0 bridgehead atoms. The number of halogens is 1. The molecule has 9 heteroatoms. The topological polar surface area (TPSA) is 69.7 Å². The number of carbonyl (C=O) groups excluding carboxylic acids is 1. The van der Waals surface area contributed by atoms with Gasteiger partial charge in [0.15, 0.2) is 0 Å². The van der Waals surface area contributed by atoms with E-state index in [1.54, 1.807) is 17.5 Å². The van der Waals surface area contributed by atoms with Crippen LogP contribution in [-0.4, -0.2) is 49.7 Å². The molecule has 1 N–H and O–H groups in total. The maximum atomic E-state index is 13.2. The van der Waals surface area contributed by atoms with E-state index in [0.717, 1.165) is 5.56 Å². The predicted molar refractivity (Wildman–Crippen MR) is 119 cm³/mol. The number of hydrogen-bond donors (Lipinski definition) is 1. The Hall–Kier alpha value is -2.59. The normalized spacial score (nSPS) is 16.7. The molecule has 1 aromatic heterocycles. The van der Waals surface area contributed by atoms with Crippen LogP contribution in [-0.2, 0) is 14.8 Å². The Labute approximate surface area is 185 Å². The van der Waals surface area contributed by atoms with Crippen LogP contribution in [0.2, 0.25) is 0 Å². The fraction of sp³-hybridized carbons (Fsp3) is 0.227. The Balaban J connectivity index is 1.52. The number of nitrogens with one attached hydrogen (secondary N) is 1. The largest absolute Gasteiger partial charge is 0.324 e. The van der Waals surface area contributed by atoms with Gasteiger partial charge in [0, 0.05) is 31.9 Å². The summed E-state index contributed by atoms with van der Waals surface area (Å²) >= 11 is 1.20. The van der Waals surface area contributed by atoms with Crippen molar-refractivity contribution in [2.45, 2.75) is 10.3 Å². The molecule has 31 heavy (non-hydrogen) atoms. The van der Waals surface area contributed by atoms with Gasteiger partial charge in [0.2, 0.25) is 5.91 Å². The van der Waals surface area contributed by atoms with Crippen molar-refractivity contribution < 1.29 is 17.6 Å². The first kappa shape index (κ1) is 21.6. The van der Waals surface area contributed by atoms with Crippen LogP contribution in [0.5, 0.6) is 0 Å². The first-order chi connectivity index (χ1) is 14.9. The first-order valence-electron chi connectivity index (χ1n) is 9.84. The van der Waals surface area contributed by atoms with E-state index in [0.29, 0.717) is 36.1 Å². The van der Waals surface area contributed by atoms with Crippen molar-refractivity contribution >= 4 is 33.0 Å². The number of thiophene rings is 1. The quantitative estimate of drug-likeness (QED) is 0.612. The van der Waals surface area contributed by atoms with Crippen molar-refractivity contribution in [3.05, 3.63) is 83.5 Å². The molecule has 2 heterocycles. The Kier molecular flexibility index (Phi) is 6.47. The number of carbonyl (C=O) groups is 1. The van der Waals surface area contributed by atoms with E-state index >= 15 is 0 Å². The molecule has 3 aromatic rings. The summed E-state index contributed by atoms with van der Waals surface area (Å²) in [6.07, 6.45) is 0. The van der Waals surface area contributed by atoms with E-state index in [1.165, 1.54) is 39.9 Å². The highest BCUT2D eigenvalue weighted by Crippen LogP contribution is 2.27. The molecule has 0 aliphatic carbocycles. The molecule has 1 unspecified atom stereocenters. The van der Waals surface area contributed by atoms with Crippen molar-refractivity contribution in [1.82, 2.24) is 9.21 Å². The molecule has 1 atom stereocenters. The number of anilines is 1. The molecule has 2 aromatic carbocycles. The predicted octanol–water partition coefficient (Wildman–Crippen LogP) is 3.57. The van der Waals surface area contributed by atoms with Crippen LogP contribution < -0.4 is 5.32 Å². The van der Waals surface area contributed by atoms with E-state index in [-0.39, 0.29) is 11.7 Å². The molecular weight excluding hydrogens is 437 g/mol. The zero-order chi connectivity index (χ0) is 21.8. The van der Waals surface area contributed by atoms with Crippen molar-refractivity contribution in [2.75, 3.05) is 31.5 Å². The third-order valence-corrected chi connectivity index (χ3v) is 8.47. The number of rotatable bonds is 6.